The Balaban J connectivity index is 1.53. The maximum absolute atomic E-state index is 13.9. The van der Waals surface area contributed by atoms with E-state index in [1.807, 2.05) is 6.08 Å². The van der Waals surface area contributed by atoms with Crippen molar-refractivity contribution in [2.45, 2.75) is 28.5 Å². The summed E-state index contributed by atoms with van der Waals surface area (Å²) in [5.74, 6) is -4.97. The zero-order valence-electron chi connectivity index (χ0n) is 20.6. The van der Waals surface area contributed by atoms with E-state index in [1.165, 1.54) is 25.1 Å². The number of phenols is 1. The molecule has 1 saturated carbocycles. The molecule has 2 aromatic rings. The van der Waals surface area contributed by atoms with Gasteiger partial charge >= 0.3 is 0 Å². The van der Waals surface area contributed by atoms with Gasteiger partial charge in [-0.2, -0.15) is 0 Å². The number of amides is 4. The van der Waals surface area contributed by atoms with Crippen LogP contribution < -0.4 is 9.64 Å². The van der Waals surface area contributed by atoms with Crippen molar-refractivity contribution in [3.63, 3.8) is 0 Å². The van der Waals surface area contributed by atoms with E-state index in [0.717, 1.165) is 4.90 Å². The highest BCUT2D eigenvalue weighted by atomic mass is 35.5. The van der Waals surface area contributed by atoms with Crippen molar-refractivity contribution < 1.29 is 29.0 Å². The Bertz CT molecular complexity index is 1440. The molecule has 0 aromatic heterocycles. The second-order valence-electron chi connectivity index (χ2n) is 10.3. The largest absolute Gasteiger partial charge is 0.508 e. The van der Waals surface area contributed by atoms with Crippen LogP contribution in [0.1, 0.15) is 24.3 Å². The number of alkyl halides is 2. The summed E-state index contributed by atoms with van der Waals surface area (Å²) in [6, 6.07) is 13.3. The first-order valence-corrected chi connectivity index (χ1v) is 13.0. The number of likely N-dealkylation sites (tertiary alicyclic amines) is 1. The van der Waals surface area contributed by atoms with Gasteiger partial charge in [0.25, 0.3) is 11.8 Å². The molecule has 2 aromatic carbocycles. The molecule has 0 spiro atoms. The lowest BCUT2D eigenvalue weighted by Crippen LogP contribution is -2.60. The van der Waals surface area contributed by atoms with Gasteiger partial charge in [-0.1, -0.05) is 35.9 Å². The van der Waals surface area contributed by atoms with Crippen molar-refractivity contribution in [3.05, 3.63) is 65.7 Å². The minimum absolute atomic E-state index is 0.102. The highest BCUT2D eigenvalue weighted by Crippen LogP contribution is 2.66. The summed E-state index contributed by atoms with van der Waals surface area (Å²) >= 11 is 14.2. The second kappa shape index (κ2) is 8.32. The van der Waals surface area contributed by atoms with Gasteiger partial charge in [-0.3, -0.25) is 29.0 Å². The fourth-order valence-electron chi connectivity index (χ4n) is 6.82. The number of rotatable bonds is 3. The number of hydrogen-bond acceptors (Lipinski definition) is 6. The smallest absolute Gasteiger partial charge is 0.253 e. The number of nitrogens with zero attached hydrogens (tertiary/aromatic N) is 2. The summed E-state index contributed by atoms with van der Waals surface area (Å²) in [5.41, 5.74) is 1.37. The van der Waals surface area contributed by atoms with Crippen molar-refractivity contribution in [2.24, 2.45) is 17.8 Å². The highest BCUT2D eigenvalue weighted by molar-refractivity contribution is 6.53. The van der Waals surface area contributed by atoms with E-state index in [4.69, 9.17) is 27.9 Å². The summed E-state index contributed by atoms with van der Waals surface area (Å²) < 4.78 is 5.22. The number of phenolic OH excluding ortho intramolecular Hbond substituents is 1. The Morgan fingerprint density at radius 1 is 0.974 bits per heavy atom. The molecule has 6 atom stereocenters. The molecule has 8 nitrogen and oxygen atoms in total. The van der Waals surface area contributed by atoms with Gasteiger partial charge in [-0.15, -0.1) is 23.2 Å². The molecule has 4 aliphatic rings. The van der Waals surface area contributed by atoms with Crippen LogP contribution in [0.4, 0.5) is 5.69 Å². The number of allylic oxidation sites excluding steroid dienone is 2. The third-order valence-corrected chi connectivity index (χ3v) is 9.99. The van der Waals surface area contributed by atoms with Crippen LogP contribution in [0.15, 0.2) is 60.2 Å². The molecule has 2 saturated heterocycles. The number of anilines is 1. The first-order chi connectivity index (χ1) is 18.1. The maximum atomic E-state index is 13.9. The monoisotopic (exact) mass is 554 g/mol. The number of aromatic hydroxyl groups is 1. The molecule has 2 heterocycles. The number of para-hydroxylation sites is 1. The van der Waals surface area contributed by atoms with Crippen LogP contribution in [0.5, 0.6) is 11.5 Å². The lowest BCUT2D eigenvalue weighted by atomic mass is 9.56. The molecule has 1 N–H and O–H groups in total. The molecule has 6 rings (SSSR count). The molecule has 10 heteroatoms. The molecule has 6 unspecified atom stereocenters. The number of benzene rings is 2. The Morgan fingerprint density at radius 2 is 1.68 bits per heavy atom. The van der Waals surface area contributed by atoms with Crippen LogP contribution in [0.25, 0.3) is 0 Å². The van der Waals surface area contributed by atoms with Crippen molar-refractivity contribution in [2.75, 3.05) is 19.1 Å². The summed E-state index contributed by atoms with van der Waals surface area (Å²) in [6.45, 7) is 0. The zero-order chi connectivity index (χ0) is 27.1. The van der Waals surface area contributed by atoms with Gasteiger partial charge < -0.3 is 9.84 Å². The van der Waals surface area contributed by atoms with E-state index in [1.54, 1.807) is 42.5 Å². The van der Waals surface area contributed by atoms with Crippen molar-refractivity contribution in [1.29, 1.82) is 0 Å². The fraction of sp³-hybridized carbons (Fsp3) is 0.357. The minimum Gasteiger partial charge on any atom is -0.508 e. The van der Waals surface area contributed by atoms with E-state index in [-0.39, 0.29) is 36.0 Å². The first-order valence-electron chi connectivity index (χ1n) is 12.3. The van der Waals surface area contributed by atoms with Crippen LogP contribution in [-0.2, 0) is 19.2 Å². The van der Waals surface area contributed by atoms with E-state index in [9.17, 15) is 24.3 Å². The van der Waals surface area contributed by atoms with Crippen LogP contribution in [0.3, 0.4) is 0 Å². The Kier molecular flexibility index (Phi) is 5.46. The van der Waals surface area contributed by atoms with Crippen LogP contribution in [0, 0.1) is 17.8 Å². The lowest BCUT2D eigenvalue weighted by Gasteiger charge is -2.50. The fourth-order valence-corrected chi connectivity index (χ4v) is 7.83. The quantitative estimate of drug-likeness (QED) is 0.353. The van der Waals surface area contributed by atoms with Crippen molar-refractivity contribution in [3.8, 4) is 11.5 Å². The second-order valence-corrected chi connectivity index (χ2v) is 11.5. The number of halogens is 2. The average molecular weight is 555 g/mol. The molecule has 2 aliphatic heterocycles. The number of hydrogen-bond donors (Lipinski definition) is 1. The third kappa shape index (κ3) is 2.98. The molecule has 3 fully saturated rings. The molecule has 38 heavy (non-hydrogen) atoms. The molecule has 0 bridgehead atoms. The minimum atomic E-state index is -1.95. The molecular weight excluding hydrogens is 531 g/mol. The molecular formula is C28H24Cl2N2O6. The maximum Gasteiger partial charge on any atom is 0.253 e. The number of carbonyl (C=O) groups is 4. The normalized spacial score (nSPS) is 34.2. The number of fused-ring (bicyclic) bond motifs is 4. The number of imide groups is 2. The average Bonchev–Trinajstić information content (AvgIpc) is 3.24. The summed E-state index contributed by atoms with van der Waals surface area (Å²) in [6.07, 6.45) is 1.98. The number of carbonyl (C=O) groups excluding carboxylic acids is 4. The first kappa shape index (κ1) is 24.9. The van der Waals surface area contributed by atoms with Crippen LogP contribution in [0.2, 0.25) is 0 Å². The molecule has 196 valence electrons. The van der Waals surface area contributed by atoms with Crippen LogP contribution in [-0.4, -0.2) is 57.5 Å². The van der Waals surface area contributed by atoms with Gasteiger partial charge in [0.1, 0.15) is 11.5 Å². The van der Waals surface area contributed by atoms with Crippen molar-refractivity contribution >= 4 is 52.5 Å². The Morgan fingerprint density at radius 3 is 2.34 bits per heavy atom. The predicted octanol–water partition coefficient (Wildman–Crippen LogP) is 3.59. The SMILES string of the molecule is COc1ccc(C2C3=CCC4C(=O)N(c5ccccc5)C(=O)C4C3CC3(Cl)C(=O)N(C)C(=O)C23Cl)c(O)c1. The van der Waals surface area contributed by atoms with Gasteiger partial charge in [-0.25, -0.2) is 0 Å². The summed E-state index contributed by atoms with van der Waals surface area (Å²) in [7, 11) is 2.78. The van der Waals surface area contributed by atoms with E-state index >= 15 is 0 Å². The molecule has 4 amide bonds. The van der Waals surface area contributed by atoms with Gasteiger partial charge in [0.15, 0.2) is 9.75 Å². The highest BCUT2D eigenvalue weighted by Gasteiger charge is 2.76. The Labute approximate surface area is 228 Å². The van der Waals surface area contributed by atoms with Crippen molar-refractivity contribution in [1.82, 2.24) is 4.90 Å². The molecule has 2 aliphatic carbocycles. The third-order valence-electron chi connectivity index (χ3n) is 8.58. The standard InChI is InChI=1S/C28H24Cl2N2O6/c1-31-25(36)27(29)13-19-16(22(28(27,30)26(31)37)17-9-8-15(38-2)12-20(17)33)10-11-18-21(19)24(35)32(23(18)34)14-6-4-3-5-7-14/h3-10,12,18-19,21-22,33H,11,13H2,1-2H3. The zero-order valence-corrected chi connectivity index (χ0v) is 22.1. The topological polar surface area (TPSA) is 104 Å². The van der Waals surface area contributed by atoms with E-state index in [2.05, 4.69) is 0 Å². The Hall–Kier alpha value is -3.36. The molecule has 0 radical (unpaired) electrons. The number of methoxy groups -OCH3 is 1. The lowest BCUT2D eigenvalue weighted by molar-refractivity contribution is -0.138. The van der Waals surface area contributed by atoms with Gasteiger partial charge in [0.05, 0.1) is 24.6 Å². The predicted molar refractivity (Wildman–Crippen MR) is 139 cm³/mol. The van der Waals surface area contributed by atoms with E-state index < -0.39 is 45.2 Å². The van der Waals surface area contributed by atoms with Gasteiger partial charge in [-0.05, 0) is 37.0 Å². The van der Waals surface area contributed by atoms with Gasteiger partial charge in [0, 0.05) is 24.6 Å². The summed E-state index contributed by atoms with van der Waals surface area (Å²) in [4.78, 5) is 52.6. The van der Waals surface area contributed by atoms with Gasteiger partial charge in [0.2, 0.25) is 11.8 Å². The number of ether oxygens (including phenoxy) is 1. The van der Waals surface area contributed by atoms with Crippen LogP contribution >= 0.6 is 23.2 Å². The summed E-state index contributed by atoms with van der Waals surface area (Å²) in [5, 5.41) is 11.0. The van der Waals surface area contributed by atoms with E-state index in [0.29, 0.717) is 17.0 Å².